The molecule has 1 amide bonds. The largest absolute Gasteiger partial charge is 0.443 e. The molecule has 6 nitrogen and oxygen atoms in total. The molecule has 7 heteroatoms. The van der Waals surface area contributed by atoms with Crippen LogP contribution in [0, 0.1) is 5.82 Å². The Morgan fingerprint density at radius 3 is 1.93 bits per heavy atom. The second-order valence-corrected chi connectivity index (χ2v) is 11.6. The van der Waals surface area contributed by atoms with Crippen LogP contribution in [0.1, 0.15) is 47.4 Å². The number of hydrogen-bond acceptors (Lipinski definition) is 4. The topological polar surface area (TPSA) is 83.0 Å². The first-order chi connectivity index (χ1) is 21.8. The summed E-state index contributed by atoms with van der Waals surface area (Å²) in [4.78, 5) is 15.8. The van der Waals surface area contributed by atoms with E-state index in [9.17, 15) is 4.79 Å². The highest BCUT2D eigenvalue weighted by atomic mass is 19.1. The van der Waals surface area contributed by atoms with Crippen molar-refractivity contribution in [2.75, 3.05) is 0 Å². The lowest BCUT2D eigenvalue weighted by atomic mass is 9.77. The lowest BCUT2D eigenvalue weighted by molar-refractivity contribution is 0.0460. The number of halogens is 1. The zero-order valence-electron chi connectivity index (χ0n) is 25.1. The highest BCUT2D eigenvalue weighted by Gasteiger charge is 2.41. The zero-order chi connectivity index (χ0) is 31.4. The molecule has 0 aliphatic carbocycles. The van der Waals surface area contributed by atoms with E-state index in [4.69, 9.17) is 15.6 Å². The van der Waals surface area contributed by atoms with Crippen LogP contribution in [0.3, 0.4) is 0 Å². The summed E-state index contributed by atoms with van der Waals surface area (Å²) in [7, 11) is 0. The number of ether oxygens (including phenoxy) is 1. The summed E-state index contributed by atoms with van der Waals surface area (Å²) < 4.78 is 23.9. The molecule has 2 N–H and O–H groups in total. The van der Waals surface area contributed by atoms with Crippen LogP contribution in [0.4, 0.5) is 9.18 Å². The van der Waals surface area contributed by atoms with E-state index >= 15 is 4.39 Å². The molecule has 6 rings (SSSR count). The van der Waals surface area contributed by atoms with Gasteiger partial charge in [-0.1, -0.05) is 103 Å². The second kappa shape index (κ2) is 12.2. The molecular formula is C38H33FN4O2. The third-order valence-electron chi connectivity index (χ3n) is 7.84. The molecule has 0 fully saturated rings. The Morgan fingerprint density at radius 2 is 1.42 bits per heavy atom. The van der Waals surface area contributed by atoms with Gasteiger partial charge in [-0.2, -0.15) is 5.10 Å². The maximum atomic E-state index is 16.8. The van der Waals surface area contributed by atoms with E-state index in [0.717, 1.165) is 22.3 Å². The van der Waals surface area contributed by atoms with Gasteiger partial charge in [0.15, 0.2) is 0 Å². The Hall–Kier alpha value is -5.56. The molecule has 4 aromatic carbocycles. The number of primary amides is 1. The van der Waals surface area contributed by atoms with Crippen molar-refractivity contribution in [3.8, 4) is 0 Å². The van der Waals surface area contributed by atoms with Crippen molar-refractivity contribution in [2.24, 2.45) is 5.73 Å². The van der Waals surface area contributed by atoms with Crippen molar-refractivity contribution >= 4 is 29.1 Å². The lowest BCUT2D eigenvalue weighted by Gasteiger charge is -2.37. The average Bonchev–Trinajstić information content (AvgIpc) is 3.40. The predicted octanol–water partition coefficient (Wildman–Crippen LogP) is 8.00. The summed E-state index contributed by atoms with van der Waals surface area (Å²) in [6, 6.07) is 37.3. The molecule has 0 radical (unpaired) electrons. The summed E-state index contributed by atoms with van der Waals surface area (Å²) in [5, 5.41) is 5.83. The van der Waals surface area contributed by atoms with Crippen molar-refractivity contribution in [2.45, 2.75) is 31.4 Å². The van der Waals surface area contributed by atoms with Gasteiger partial charge in [0, 0.05) is 24.2 Å². The fourth-order valence-corrected chi connectivity index (χ4v) is 6.10. The number of aromatic nitrogens is 3. The molecule has 0 aliphatic rings. The Morgan fingerprint density at radius 1 is 0.844 bits per heavy atom. The quantitative estimate of drug-likeness (QED) is 0.172. The predicted molar refractivity (Wildman–Crippen MR) is 176 cm³/mol. The van der Waals surface area contributed by atoms with Crippen LogP contribution in [0.2, 0.25) is 0 Å². The van der Waals surface area contributed by atoms with Gasteiger partial charge in [-0.3, -0.25) is 4.98 Å². The maximum absolute atomic E-state index is 16.8. The smallest absolute Gasteiger partial charge is 0.405 e. The molecule has 0 bridgehead atoms. The maximum Gasteiger partial charge on any atom is 0.405 e. The van der Waals surface area contributed by atoms with E-state index in [1.807, 2.05) is 89.6 Å². The van der Waals surface area contributed by atoms with E-state index in [1.54, 1.807) is 26.2 Å². The van der Waals surface area contributed by atoms with Gasteiger partial charge >= 0.3 is 6.09 Å². The molecule has 224 valence electrons. The van der Waals surface area contributed by atoms with E-state index in [0.29, 0.717) is 22.2 Å². The molecule has 0 saturated carbocycles. The number of nitrogens with zero attached hydrogens (tertiary/aromatic N) is 3. The normalized spacial score (nSPS) is 12.1. The summed E-state index contributed by atoms with van der Waals surface area (Å²) in [6.07, 6.45) is 6.64. The van der Waals surface area contributed by atoms with Gasteiger partial charge in [0.25, 0.3) is 0 Å². The minimum absolute atomic E-state index is 0.251. The van der Waals surface area contributed by atoms with Gasteiger partial charge in [-0.25, -0.2) is 13.9 Å². The standard InChI is InChI=1S/C38H33FN4O2/c1-37(2,45-36(40)44)25-28-23-32-34(21-20-27-13-12-22-41-26-27)42-43(35(32)33(39)24-28)38(29-14-6-3-7-15-29,30-16-8-4-9-17-30)31-18-10-5-11-19-31/h3-24,26H,25H2,1-2H3,(H2,40,44)/b21-20+. The molecule has 2 heterocycles. The van der Waals surface area contributed by atoms with E-state index < -0.39 is 23.1 Å². The Labute approximate surface area is 261 Å². The molecule has 0 saturated heterocycles. The van der Waals surface area contributed by atoms with Crippen molar-refractivity contribution in [3.63, 3.8) is 0 Å². The van der Waals surface area contributed by atoms with Crippen LogP contribution in [0.5, 0.6) is 0 Å². The van der Waals surface area contributed by atoms with Gasteiger partial charge in [0.1, 0.15) is 22.5 Å². The first-order valence-corrected chi connectivity index (χ1v) is 14.7. The molecular weight excluding hydrogens is 563 g/mol. The molecule has 45 heavy (non-hydrogen) atoms. The third-order valence-corrected chi connectivity index (χ3v) is 7.84. The van der Waals surface area contributed by atoms with E-state index in [-0.39, 0.29) is 6.42 Å². The highest BCUT2D eigenvalue weighted by Crippen LogP contribution is 2.43. The van der Waals surface area contributed by atoms with Crippen molar-refractivity contribution < 1.29 is 13.9 Å². The third kappa shape index (κ3) is 5.85. The van der Waals surface area contributed by atoms with Crippen LogP contribution in [0.25, 0.3) is 23.1 Å². The number of carbonyl (C=O) groups excluding carboxylic acids is 1. The molecule has 0 aliphatic heterocycles. The monoisotopic (exact) mass is 596 g/mol. The molecule has 0 unspecified atom stereocenters. The first-order valence-electron chi connectivity index (χ1n) is 14.7. The summed E-state index contributed by atoms with van der Waals surface area (Å²) in [6.45, 7) is 3.50. The summed E-state index contributed by atoms with van der Waals surface area (Å²) in [5.41, 5.74) is 8.57. The van der Waals surface area contributed by atoms with Gasteiger partial charge in [0.05, 0.1) is 5.69 Å². The number of benzene rings is 4. The highest BCUT2D eigenvalue weighted by molar-refractivity contribution is 5.91. The minimum Gasteiger partial charge on any atom is -0.443 e. The molecule has 2 aromatic heterocycles. The fourth-order valence-electron chi connectivity index (χ4n) is 6.10. The summed E-state index contributed by atoms with van der Waals surface area (Å²) in [5.74, 6) is -0.446. The Kier molecular flexibility index (Phi) is 8.00. The molecule has 0 atom stereocenters. The molecule has 6 aromatic rings. The van der Waals surface area contributed by atoms with Gasteiger partial charge in [0.2, 0.25) is 0 Å². The van der Waals surface area contributed by atoms with Crippen molar-refractivity contribution in [3.05, 3.63) is 167 Å². The Balaban J connectivity index is 1.69. The van der Waals surface area contributed by atoms with Crippen LogP contribution >= 0.6 is 0 Å². The van der Waals surface area contributed by atoms with Crippen molar-refractivity contribution in [1.82, 2.24) is 14.8 Å². The van der Waals surface area contributed by atoms with E-state index in [1.165, 1.54) is 6.07 Å². The number of amides is 1. The lowest BCUT2D eigenvalue weighted by Crippen LogP contribution is -2.38. The van der Waals surface area contributed by atoms with Gasteiger partial charge in [-0.05, 0) is 65.9 Å². The Bertz CT molecular complexity index is 1860. The summed E-state index contributed by atoms with van der Waals surface area (Å²) >= 11 is 0. The zero-order valence-corrected chi connectivity index (χ0v) is 25.1. The van der Waals surface area contributed by atoms with Crippen LogP contribution in [-0.4, -0.2) is 26.5 Å². The van der Waals surface area contributed by atoms with E-state index in [2.05, 4.69) is 41.4 Å². The number of pyridine rings is 1. The SMILES string of the molecule is CC(C)(Cc1cc(F)c2c(c1)c(/C=C/c1cccnc1)nn2C(c1ccccc1)(c1ccccc1)c1ccccc1)OC(N)=O. The number of fused-ring (bicyclic) bond motifs is 1. The van der Waals surface area contributed by atoms with Gasteiger partial charge < -0.3 is 10.5 Å². The number of nitrogens with two attached hydrogens (primary N) is 1. The number of hydrogen-bond donors (Lipinski definition) is 1. The van der Waals surface area contributed by atoms with Crippen LogP contribution in [0.15, 0.2) is 128 Å². The first kappa shape index (κ1) is 29.5. The van der Waals surface area contributed by atoms with Crippen LogP contribution < -0.4 is 5.73 Å². The van der Waals surface area contributed by atoms with Crippen LogP contribution in [-0.2, 0) is 16.7 Å². The van der Waals surface area contributed by atoms with Gasteiger partial charge in [-0.15, -0.1) is 0 Å². The average molecular weight is 597 g/mol. The number of rotatable bonds is 9. The number of carbonyl (C=O) groups is 1. The van der Waals surface area contributed by atoms with Crippen molar-refractivity contribution in [1.29, 1.82) is 0 Å². The minimum atomic E-state index is -1.03. The fraction of sp³-hybridized carbons (Fsp3) is 0.132. The second-order valence-electron chi connectivity index (χ2n) is 11.6. The molecule has 0 spiro atoms.